The highest BCUT2D eigenvalue weighted by atomic mass is 35.5. The van der Waals surface area contributed by atoms with Crippen molar-refractivity contribution in [1.29, 1.82) is 5.26 Å². The van der Waals surface area contributed by atoms with Gasteiger partial charge in [-0.25, -0.2) is 4.39 Å². The average Bonchev–Trinajstić information content (AvgIpc) is 1.97. The third-order valence-corrected chi connectivity index (χ3v) is 1.67. The molecule has 1 aromatic rings. The van der Waals surface area contributed by atoms with Crippen molar-refractivity contribution in [2.24, 2.45) is 0 Å². The van der Waals surface area contributed by atoms with E-state index < -0.39 is 5.82 Å². The topological polar surface area (TPSA) is 23.8 Å². The van der Waals surface area contributed by atoms with Crippen molar-refractivity contribution < 1.29 is 4.39 Å². The number of benzene rings is 1. The Morgan fingerprint density at radius 1 is 1.55 bits per heavy atom. The zero-order chi connectivity index (χ0) is 8.27. The molecule has 1 nitrogen and oxygen atoms in total. The average molecular weight is 170 g/mol. The van der Waals surface area contributed by atoms with Crippen LogP contribution in [-0.2, 0) is 6.42 Å². The van der Waals surface area contributed by atoms with Gasteiger partial charge < -0.3 is 0 Å². The van der Waals surface area contributed by atoms with Crippen LogP contribution in [0.15, 0.2) is 18.2 Å². The van der Waals surface area contributed by atoms with Crippen molar-refractivity contribution in [3.8, 4) is 6.07 Å². The summed E-state index contributed by atoms with van der Waals surface area (Å²) in [5, 5.41) is 8.60. The smallest absolute Gasteiger partial charge is 0.128 e. The lowest BCUT2D eigenvalue weighted by Crippen LogP contribution is -1.88. The first-order chi connectivity index (χ1) is 5.25. The van der Waals surface area contributed by atoms with E-state index in [-0.39, 0.29) is 12.0 Å². The number of halogens is 2. The van der Waals surface area contributed by atoms with Crippen LogP contribution in [-0.4, -0.2) is 0 Å². The minimum absolute atomic E-state index is 0.0194. The van der Waals surface area contributed by atoms with Crippen LogP contribution in [0.2, 0.25) is 5.02 Å². The molecule has 11 heavy (non-hydrogen) atoms. The van der Waals surface area contributed by atoms with E-state index in [2.05, 4.69) is 0 Å². The fraction of sp³-hybridized carbons (Fsp3) is 0.125. The highest BCUT2D eigenvalue weighted by molar-refractivity contribution is 6.31. The summed E-state index contributed by atoms with van der Waals surface area (Å²) < 4.78 is 12.8. The summed E-state index contributed by atoms with van der Waals surface area (Å²) in [6.07, 6.45) is 0.0194. The van der Waals surface area contributed by atoms with Crippen LogP contribution in [0.4, 0.5) is 4.39 Å². The lowest BCUT2D eigenvalue weighted by Gasteiger charge is -1.98. The fourth-order valence-corrected chi connectivity index (χ4v) is 1.01. The van der Waals surface area contributed by atoms with Crippen LogP contribution in [0.25, 0.3) is 0 Å². The van der Waals surface area contributed by atoms with E-state index in [0.717, 1.165) is 0 Å². The van der Waals surface area contributed by atoms with E-state index in [1.807, 2.05) is 6.07 Å². The van der Waals surface area contributed by atoms with Crippen molar-refractivity contribution in [3.63, 3.8) is 0 Å². The molecule has 1 aromatic carbocycles. The molecule has 0 bridgehead atoms. The molecule has 0 aliphatic rings. The zero-order valence-corrected chi connectivity index (χ0v) is 6.40. The van der Waals surface area contributed by atoms with E-state index in [0.29, 0.717) is 5.02 Å². The molecular formula is C8H5ClFN. The molecule has 0 atom stereocenters. The second kappa shape index (κ2) is 3.36. The molecule has 56 valence electrons. The Labute approximate surface area is 69.0 Å². The SMILES string of the molecule is N#CCc1c(F)cccc1Cl. The third-order valence-electron chi connectivity index (χ3n) is 1.32. The second-order valence-electron chi connectivity index (χ2n) is 2.04. The molecule has 0 heterocycles. The molecule has 0 aliphatic carbocycles. The van der Waals surface area contributed by atoms with Gasteiger partial charge in [0.15, 0.2) is 0 Å². The Morgan fingerprint density at radius 3 is 2.82 bits per heavy atom. The van der Waals surface area contributed by atoms with Crippen LogP contribution in [0.1, 0.15) is 5.56 Å². The maximum atomic E-state index is 12.8. The van der Waals surface area contributed by atoms with Gasteiger partial charge >= 0.3 is 0 Å². The van der Waals surface area contributed by atoms with Crippen LogP contribution in [0.3, 0.4) is 0 Å². The summed E-state index contributed by atoms with van der Waals surface area (Å²) in [6.45, 7) is 0. The Kier molecular flexibility index (Phi) is 2.45. The minimum Gasteiger partial charge on any atom is -0.207 e. The lowest BCUT2D eigenvalue weighted by molar-refractivity contribution is 0.615. The maximum absolute atomic E-state index is 12.8. The number of nitrogens with zero attached hydrogens (tertiary/aromatic N) is 1. The Hall–Kier alpha value is -1.07. The van der Waals surface area contributed by atoms with Gasteiger partial charge in [0.2, 0.25) is 0 Å². The molecule has 0 fully saturated rings. The van der Waals surface area contributed by atoms with Crippen molar-refractivity contribution in [1.82, 2.24) is 0 Å². The first kappa shape index (κ1) is 8.03. The van der Waals surface area contributed by atoms with Crippen molar-refractivity contribution in [3.05, 3.63) is 34.6 Å². The van der Waals surface area contributed by atoms with Crippen LogP contribution in [0.5, 0.6) is 0 Å². The predicted molar refractivity (Wildman–Crippen MR) is 40.7 cm³/mol. The van der Waals surface area contributed by atoms with Gasteiger partial charge in [-0.1, -0.05) is 17.7 Å². The van der Waals surface area contributed by atoms with Gasteiger partial charge in [-0.05, 0) is 12.1 Å². The van der Waals surface area contributed by atoms with E-state index in [1.54, 1.807) is 6.07 Å². The van der Waals surface area contributed by atoms with Crippen LogP contribution in [0, 0.1) is 17.1 Å². The third kappa shape index (κ3) is 1.69. The van der Waals surface area contributed by atoms with E-state index in [1.165, 1.54) is 12.1 Å². The molecule has 0 aliphatic heterocycles. The standard InChI is InChI=1S/C8H5ClFN/c9-7-2-1-3-8(10)6(7)4-5-11/h1-3H,4H2. The van der Waals surface area contributed by atoms with Crippen molar-refractivity contribution in [2.45, 2.75) is 6.42 Å². The number of hydrogen-bond donors (Lipinski definition) is 0. The summed E-state index contributed by atoms with van der Waals surface area (Å²) in [5.74, 6) is -0.418. The van der Waals surface area contributed by atoms with Gasteiger partial charge in [0.05, 0.1) is 12.5 Å². The molecule has 0 amide bonds. The van der Waals surface area contributed by atoms with Gasteiger partial charge in [-0.15, -0.1) is 0 Å². The quantitative estimate of drug-likeness (QED) is 0.634. The Bertz CT molecular complexity index is 283. The van der Waals surface area contributed by atoms with Crippen LogP contribution >= 0.6 is 11.6 Å². The molecule has 1 rings (SSSR count). The monoisotopic (exact) mass is 169 g/mol. The molecular weight excluding hydrogens is 165 g/mol. The van der Waals surface area contributed by atoms with Crippen LogP contribution < -0.4 is 0 Å². The number of nitriles is 1. The number of rotatable bonds is 1. The Balaban J connectivity index is 3.12. The summed E-state index contributed by atoms with van der Waals surface area (Å²) in [4.78, 5) is 0. The highest BCUT2D eigenvalue weighted by Crippen LogP contribution is 2.18. The summed E-state index contributed by atoms with van der Waals surface area (Å²) in [6, 6.07) is 6.21. The van der Waals surface area contributed by atoms with Crippen molar-refractivity contribution >= 4 is 11.6 Å². The summed E-state index contributed by atoms with van der Waals surface area (Å²) in [7, 11) is 0. The maximum Gasteiger partial charge on any atom is 0.128 e. The van der Waals surface area contributed by atoms with Gasteiger partial charge in [-0.2, -0.15) is 5.26 Å². The first-order valence-electron chi connectivity index (χ1n) is 3.05. The molecule has 0 radical (unpaired) electrons. The molecule has 0 unspecified atom stereocenters. The zero-order valence-electron chi connectivity index (χ0n) is 5.64. The fourth-order valence-electron chi connectivity index (χ4n) is 0.780. The van der Waals surface area contributed by atoms with E-state index in [4.69, 9.17) is 16.9 Å². The highest BCUT2D eigenvalue weighted by Gasteiger charge is 2.04. The molecule has 3 heteroatoms. The van der Waals surface area contributed by atoms with Gasteiger partial charge in [0.1, 0.15) is 5.82 Å². The van der Waals surface area contributed by atoms with E-state index in [9.17, 15) is 4.39 Å². The number of hydrogen-bond acceptors (Lipinski definition) is 1. The molecule has 0 aromatic heterocycles. The molecule has 0 spiro atoms. The van der Waals surface area contributed by atoms with Gasteiger partial charge in [-0.3, -0.25) is 0 Å². The lowest BCUT2D eigenvalue weighted by atomic mass is 10.1. The normalized spacial score (nSPS) is 9.18. The summed E-state index contributed by atoms with van der Waals surface area (Å²) >= 11 is 5.62. The molecule has 0 saturated heterocycles. The van der Waals surface area contributed by atoms with Crippen molar-refractivity contribution in [2.75, 3.05) is 0 Å². The first-order valence-corrected chi connectivity index (χ1v) is 3.43. The molecule has 0 saturated carbocycles. The molecule has 0 N–H and O–H groups in total. The largest absolute Gasteiger partial charge is 0.207 e. The second-order valence-corrected chi connectivity index (χ2v) is 2.44. The Morgan fingerprint density at radius 2 is 2.27 bits per heavy atom. The summed E-state index contributed by atoms with van der Waals surface area (Å²) in [5.41, 5.74) is 0.275. The minimum atomic E-state index is -0.418. The van der Waals surface area contributed by atoms with Gasteiger partial charge in [0, 0.05) is 10.6 Å². The van der Waals surface area contributed by atoms with Gasteiger partial charge in [0.25, 0.3) is 0 Å². The van der Waals surface area contributed by atoms with E-state index >= 15 is 0 Å². The predicted octanol–water partition coefficient (Wildman–Crippen LogP) is 2.55.